The minimum atomic E-state index is 0.126. The Labute approximate surface area is 72.0 Å². The number of fused-ring (bicyclic) bond motifs is 1. The number of hydrogen-bond donors (Lipinski definition) is 2. The number of benzene rings is 1. The molecule has 0 aliphatic heterocycles. The molecule has 2 rings (SSSR count). The van der Waals surface area contributed by atoms with Gasteiger partial charge >= 0.3 is 0 Å². The Hall–Kier alpha value is -1.02. The van der Waals surface area contributed by atoms with Crippen LogP contribution in [0.25, 0.3) is 0 Å². The number of nitrogens with two attached hydrogens (primary N) is 1. The van der Waals surface area contributed by atoms with Crippen molar-refractivity contribution in [1.29, 1.82) is 0 Å². The summed E-state index contributed by atoms with van der Waals surface area (Å²) in [6, 6.07) is 5.73. The molecule has 0 bridgehead atoms. The summed E-state index contributed by atoms with van der Waals surface area (Å²) in [4.78, 5) is 0. The molecule has 1 atom stereocenters. The first-order valence-electron chi connectivity index (χ1n) is 4.35. The van der Waals surface area contributed by atoms with Crippen molar-refractivity contribution >= 4 is 0 Å². The van der Waals surface area contributed by atoms with E-state index in [2.05, 4.69) is 0 Å². The van der Waals surface area contributed by atoms with Gasteiger partial charge in [0.2, 0.25) is 0 Å². The summed E-state index contributed by atoms with van der Waals surface area (Å²) in [6.45, 7) is 0. The fourth-order valence-corrected chi connectivity index (χ4v) is 1.87. The smallest absolute Gasteiger partial charge is 0.119 e. The lowest BCUT2D eigenvalue weighted by molar-refractivity contribution is 0.455. The van der Waals surface area contributed by atoms with Gasteiger partial charge in [-0.2, -0.15) is 0 Å². The number of phenols is 1. The van der Waals surface area contributed by atoms with Crippen molar-refractivity contribution in [3.63, 3.8) is 0 Å². The van der Waals surface area contributed by atoms with E-state index in [1.807, 2.05) is 12.1 Å². The van der Waals surface area contributed by atoms with Gasteiger partial charge < -0.3 is 10.8 Å². The maximum absolute atomic E-state index is 9.52. The van der Waals surface area contributed by atoms with E-state index >= 15 is 0 Å². The van der Waals surface area contributed by atoms with E-state index in [1.165, 1.54) is 0 Å². The third-order valence-corrected chi connectivity index (χ3v) is 2.53. The van der Waals surface area contributed by atoms with Crippen LogP contribution in [-0.4, -0.2) is 5.11 Å². The molecule has 1 aromatic carbocycles. The summed E-state index contributed by atoms with van der Waals surface area (Å²) in [5.41, 5.74) is 8.08. The van der Waals surface area contributed by atoms with E-state index in [1.54, 1.807) is 6.07 Å². The summed E-state index contributed by atoms with van der Waals surface area (Å²) >= 11 is 0. The fraction of sp³-hybridized carbons (Fsp3) is 0.400. The average Bonchev–Trinajstić information content (AvgIpc) is 2.07. The number of rotatable bonds is 0. The highest BCUT2D eigenvalue weighted by Crippen LogP contribution is 2.32. The highest BCUT2D eigenvalue weighted by molar-refractivity contribution is 5.42. The summed E-state index contributed by atoms with van der Waals surface area (Å²) in [5, 5.41) is 9.52. The van der Waals surface area contributed by atoms with E-state index in [0.29, 0.717) is 5.75 Å². The van der Waals surface area contributed by atoms with E-state index in [0.717, 1.165) is 30.4 Å². The van der Waals surface area contributed by atoms with Crippen molar-refractivity contribution in [3.05, 3.63) is 29.3 Å². The minimum Gasteiger partial charge on any atom is -0.508 e. The van der Waals surface area contributed by atoms with Crippen LogP contribution in [-0.2, 0) is 6.42 Å². The standard InChI is InChI=1S/C10H13NO/c11-9-5-1-4-8-7(9)3-2-6-10(8)12/h2-3,6,9,12H,1,4-5,11H2/t9-/m0/s1. The third kappa shape index (κ3) is 1.08. The van der Waals surface area contributed by atoms with Crippen LogP contribution in [0.3, 0.4) is 0 Å². The number of aromatic hydroxyl groups is 1. The zero-order chi connectivity index (χ0) is 8.55. The topological polar surface area (TPSA) is 46.2 Å². The molecule has 12 heavy (non-hydrogen) atoms. The van der Waals surface area contributed by atoms with Crippen LogP contribution in [0, 0.1) is 0 Å². The molecule has 1 aliphatic rings. The number of hydrogen-bond acceptors (Lipinski definition) is 2. The van der Waals surface area contributed by atoms with Crippen molar-refractivity contribution in [3.8, 4) is 5.75 Å². The van der Waals surface area contributed by atoms with E-state index in [4.69, 9.17) is 5.73 Å². The van der Waals surface area contributed by atoms with Crippen LogP contribution in [0.4, 0.5) is 0 Å². The Morgan fingerprint density at radius 3 is 3.00 bits per heavy atom. The zero-order valence-electron chi connectivity index (χ0n) is 6.96. The van der Waals surface area contributed by atoms with Crippen LogP contribution < -0.4 is 5.73 Å². The third-order valence-electron chi connectivity index (χ3n) is 2.53. The highest BCUT2D eigenvalue weighted by atomic mass is 16.3. The normalized spacial score (nSPS) is 21.9. The molecule has 0 heterocycles. The van der Waals surface area contributed by atoms with Gasteiger partial charge in [-0.3, -0.25) is 0 Å². The second kappa shape index (κ2) is 2.79. The second-order valence-electron chi connectivity index (χ2n) is 3.34. The minimum absolute atomic E-state index is 0.126. The average molecular weight is 163 g/mol. The largest absolute Gasteiger partial charge is 0.508 e. The van der Waals surface area contributed by atoms with Gasteiger partial charge in [-0.25, -0.2) is 0 Å². The molecule has 0 spiro atoms. The highest BCUT2D eigenvalue weighted by Gasteiger charge is 2.18. The molecule has 2 heteroatoms. The monoisotopic (exact) mass is 163 g/mol. The lowest BCUT2D eigenvalue weighted by Gasteiger charge is -2.22. The Morgan fingerprint density at radius 2 is 2.25 bits per heavy atom. The predicted octanol–water partition coefficient (Wildman–Crippen LogP) is 1.73. The molecule has 0 amide bonds. The van der Waals surface area contributed by atoms with Gasteiger partial charge in [0.1, 0.15) is 5.75 Å². The molecule has 0 aromatic heterocycles. The summed E-state index contributed by atoms with van der Waals surface area (Å²) < 4.78 is 0. The predicted molar refractivity (Wildman–Crippen MR) is 48.0 cm³/mol. The van der Waals surface area contributed by atoms with Gasteiger partial charge in [0.15, 0.2) is 0 Å². The fourth-order valence-electron chi connectivity index (χ4n) is 1.87. The number of phenolic OH excluding ortho intramolecular Hbond substituents is 1. The molecule has 0 radical (unpaired) electrons. The lowest BCUT2D eigenvalue weighted by atomic mass is 9.88. The van der Waals surface area contributed by atoms with Gasteiger partial charge in [-0.1, -0.05) is 12.1 Å². The Kier molecular flexibility index (Phi) is 1.77. The molecular weight excluding hydrogens is 150 g/mol. The maximum Gasteiger partial charge on any atom is 0.119 e. The lowest BCUT2D eigenvalue weighted by Crippen LogP contribution is -2.17. The van der Waals surface area contributed by atoms with Gasteiger partial charge in [-0.15, -0.1) is 0 Å². The Morgan fingerprint density at radius 1 is 1.42 bits per heavy atom. The molecule has 0 saturated heterocycles. The van der Waals surface area contributed by atoms with Gasteiger partial charge in [0, 0.05) is 6.04 Å². The molecule has 0 fully saturated rings. The van der Waals surface area contributed by atoms with Crippen molar-refractivity contribution in [2.45, 2.75) is 25.3 Å². The zero-order valence-corrected chi connectivity index (χ0v) is 6.96. The van der Waals surface area contributed by atoms with Gasteiger partial charge in [-0.05, 0) is 36.5 Å². The maximum atomic E-state index is 9.52. The molecule has 3 N–H and O–H groups in total. The first-order valence-corrected chi connectivity index (χ1v) is 4.35. The van der Waals surface area contributed by atoms with Crippen LogP contribution in [0.15, 0.2) is 18.2 Å². The van der Waals surface area contributed by atoms with Crippen LogP contribution in [0.5, 0.6) is 5.75 Å². The van der Waals surface area contributed by atoms with E-state index in [-0.39, 0.29) is 6.04 Å². The molecule has 2 nitrogen and oxygen atoms in total. The molecule has 1 aromatic rings. The molecule has 64 valence electrons. The summed E-state index contributed by atoms with van der Waals surface area (Å²) in [7, 11) is 0. The van der Waals surface area contributed by atoms with E-state index in [9.17, 15) is 5.11 Å². The SMILES string of the molecule is N[C@H]1CCCc2c(O)cccc21. The summed E-state index contributed by atoms with van der Waals surface area (Å²) in [6.07, 6.45) is 3.10. The van der Waals surface area contributed by atoms with Crippen molar-refractivity contribution in [2.75, 3.05) is 0 Å². The van der Waals surface area contributed by atoms with E-state index < -0.39 is 0 Å². The molecule has 0 saturated carbocycles. The van der Waals surface area contributed by atoms with Gasteiger partial charge in [0.05, 0.1) is 0 Å². The van der Waals surface area contributed by atoms with Crippen molar-refractivity contribution in [1.82, 2.24) is 0 Å². The van der Waals surface area contributed by atoms with Crippen LogP contribution in [0.2, 0.25) is 0 Å². The Balaban J connectivity index is 2.52. The van der Waals surface area contributed by atoms with Crippen LogP contribution >= 0.6 is 0 Å². The van der Waals surface area contributed by atoms with Gasteiger partial charge in [0.25, 0.3) is 0 Å². The quantitative estimate of drug-likeness (QED) is 0.611. The second-order valence-corrected chi connectivity index (χ2v) is 3.34. The first-order chi connectivity index (χ1) is 5.79. The molecule has 1 aliphatic carbocycles. The summed E-state index contributed by atoms with van der Waals surface area (Å²) in [5.74, 6) is 0.405. The Bertz CT molecular complexity index is 296. The first kappa shape index (κ1) is 7.62. The molecular formula is C10H13NO. The van der Waals surface area contributed by atoms with Crippen molar-refractivity contribution in [2.24, 2.45) is 5.73 Å². The van der Waals surface area contributed by atoms with Crippen LogP contribution in [0.1, 0.15) is 30.0 Å². The van der Waals surface area contributed by atoms with Crippen molar-refractivity contribution < 1.29 is 5.11 Å². The molecule has 0 unspecified atom stereocenters.